The Hall–Kier alpha value is -0.190. The molecule has 0 amide bonds. The maximum Gasteiger partial charge on any atom is 0.472 e. The summed E-state index contributed by atoms with van der Waals surface area (Å²) in [5, 5.41) is 0. The molecular weight excluding hydrogens is 433 g/mol. The first-order valence-corrected chi connectivity index (χ1v) is 15.3. The monoisotopic (exact) mass is 490 g/mol. The zero-order valence-electron chi connectivity index (χ0n) is 22.4. The van der Waals surface area contributed by atoms with Crippen molar-refractivity contribution in [3.05, 3.63) is 12.7 Å². The van der Waals surface area contributed by atoms with Gasteiger partial charge in [-0.3, -0.25) is 9.05 Å². The predicted octanol–water partition coefficient (Wildman–Crippen LogP) is 8.42. The summed E-state index contributed by atoms with van der Waals surface area (Å²) in [5.74, 6) is 0. The average Bonchev–Trinajstić information content (AvgIpc) is 2.73. The van der Waals surface area contributed by atoms with Crippen LogP contribution in [0.5, 0.6) is 0 Å². The number of likely N-dealkylation sites (N-methyl/N-ethyl adjacent to an activating group) is 1. The van der Waals surface area contributed by atoms with E-state index < -0.39 is 7.82 Å². The molecule has 0 radical (unpaired) electrons. The number of phosphoric acid groups is 1. The molecule has 0 fully saturated rings. The largest absolute Gasteiger partial charge is 0.472 e. The van der Waals surface area contributed by atoms with Crippen molar-refractivity contribution in [1.29, 1.82) is 0 Å². The van der Waals surface area contributed by atoms with Crippen molar-refractivity contribution in [3.8, 4) is 0 Å². The first-order chi connectivity index (χ1) is 15.8. The Morgan fingerprint density at radius 3 is 1.33 bits per heavy atom. The Morgan fingerprint density at radius 1 is 0.636 bits per heavy atom. The fraction of sp³-hybridized carbons (Fsp3) is 0.926. The molecule has 0 rings (SSSR count). The minimum Gasteiger partial charge on any atom is -0.329 e. The van der Waals surface area contributed by atoms with Crippen LogP contribution in [-0.2, 0) is 13.6 Å². The Kier molecular flexibility index (Phi) is 22.2. The minimum absolute atomic E-state index is 0.230. The normalized spacial score (nSPS) is 13.8. The minimum atomic E-state index is -3.89. The van der Waals surface area contributed by atoms with E-state index in [-0.39, 0.29) is 6.61 Å². The molecule has 0 aliphatic heterocycles. The molecule has 6 heteroatoms. The number of phosphoric ester groups is 1. The van der Waals surface area contributed by atoms with Gasteiger partial charge < -0.3 is 9.38 Å². The molecule has 198 valence electrons. The van der Waals surface area contributed by atoms with Crippen molar-refractivity contribution >= 4 is 7.82 Å². The zero-order chi connectivity index (χ0) is 24.7. The van der Waals surface area contributed by atoms with Crippen molar-refractivity contribution in [3.63, 3.8) is 0 Å². The van der Waals surface area contributed by atoms with Gasteiger partial charge in [0.15, 0.2) is 0 Å². The number of hydrogen-bond acceptors (Lipinski definition) is 3. The Labute approximate surface area is 206 Å². The number of nitrogens with zero attached hydrogens (tertiary/aromatic N) is 1. The number of rotatable bonds is 26. The van der Waals surface area contributed by atoms with Crippen LogP contribution in [0.1, 0.15) is 122 Å². The van der Waals surface area contributed by atoms with E-state index in [0.717, 1.165) is 12.8 Å². The molecule has 1 N–H and O–H groups in total. The lowest BCUT2D eigenvalue weighted by atomic mass is 10.0. The van der Waals surface area contributed by atoms with Gasteiger partial charge in [0.1, 0.15) is 13.2 Å². The van der Waals surface area contributed by atoms with Crippen LogP contribution in [0.15, 0.2) is 12.7 Å². The maximum absolute atomic E-state index is 11.8. The van der Waals surface area contributed by atoms with Gasteiger partial charge in [-0.1, -0.05) is 109 Å². The van der Waals surface area contributed by atoms with E-state index in [9.17, 15) is 9.46 Å². The molecule has 0 heterocycles. The van der Waals surface area contributed by atoms with Crippen LogP contribution in [-0.4, -0.2) is 50.3 Å². The van der Waals surface area contributed by atoms with Gasteiger partial charge in [-0.05, 0) is 19.3 Å². The molecule has 1 unspecified atom stereocenters. The third-order valence-corrected chi connectivity index (χ3v) is 7.09. The van der Waals surface area contributed by atoms with E-state index >= 15 is 0 Å². The van der Waals surface area contributed by atoms with Gasteiger partial charge in [0.2, 0.25) is 0 Å². The van der Waals surface area contributed by atoms with E-state index in [1.54, 1.807) is 0 Å². The summed E-state index contributed by atoms with van der Waals surface area (Å²) in [5.41, 5.74) is 0. The molecule has 0 aromatic carbocycles. The molecule has 0 aliphatic carbocycles. The Balaban J connectivity index is 3.24. The molecule has 0 aliphatic rings. The van der Waals surface area contributed by atoms with E-state index in [1.165, 1.54) is 109 Å². The molecule has 0 saturated carbocycles. The first kappa shape index (κ1) is 32.8. The number of allylic oxidation sites excluding steroid dienone is 1. The van der Waals surface area contributed by atoms with Crippen molar-refractivity contribution in [2.75, 3.05) is 40.9 Å². The molecule has 0 bridgehead atoms. The molecule has 0 aromatic rings. The van der Waals surface area contributed by atoms with E-state index in [2.05, 4.69) is 6.58 Å². The summed E-state index contributed by atoms with van der Waals surface area (Å²) < 4.78 is 22.6. The van der Waals surface area contributed by atoms with Crippen LogP contribution in [0.2, 0.25) is 0 Å². The highest BCUT2D eigenvalue weighted by molar-refractivity contribution is 7.47. The fourth-order valence-corrected chi connectivity index (χ4v) is 4.61. The van der Waals surface area contributed by atoms with Crippen molar-refractivity contribution < 1.29 is 23.0 Å². The van der Waals surface area contributed by atoms with Crippen molar-refractivity contribution in [2.24, 2.45) is 0 Å². The second kappa shape index (κ2) is 22.3. The fourth-order valence-electron chi connectivity index (χ4n) is 3.87. The summed E-state index contributed by atoms with van der Waals surface area (Å²) in [6.07, 6.45) is 26.9. The van der Waals surface area contributed by atoms with Crippen LogP contribution in [0.3, 0.4) is 0 Å². The summed E-state index contributed by atoms with van der Waals surface area (Å²) in [7, 11) is 2.17. The third-order valence-electron chi connectivity index (χ3n) is 6.07. The number of hydrogen-bond donors (Lipinski definition) is 1. The van der Waals surface area contributed by atoms with Crippen molar-refractivity contribution in [2.45, 2.75) is 122 Å². The molecule has 0 spiro atoms. The first-order valence-electron chi connectivity index (χ1n) is 13.8. The molecule has 1 atom stereocenters. The van der Waals surface area contributed by atoms with Crippen LogP contribution in [0, 0.1) is 0 Å². The third kappa shape index (κ3) is 27.9. The van der Waals surface area contributed by atoms with Gasteiger partial charge in [0, 0.05) is 0 Å². The van der Waals surface area contributed by atoms with Crippen LogP contribution >= 0.6 is 7.82 Å². The van der Waals surface area contributed by atoms with Gasteiger partial charge in [-0.25, -0.2) is 4.57 Å². The van der Waals surface area contributed by atoms with Gasteiger partial charge in [-0.2, -0.15) is 0 Å². The maximum atomic E-state index is 11.8. The molecule has 33 heavy (non-hydrogen) atoms. The predicted molar refractivity (Wildman–Crippen MR) is 143 cm³/mol. The smallest absolute Gasteiger partial charge is 0.329 e. The molecule has 0 saturated heterocycles. The lowest BCUT2D eigenvalue weighted by molar-refractivity contribution is -0.870. The standard InChI is InChI=1S/C27H56NO4P/c1-5-6-7-8-9-10-11-12-13-14-15-16-17-18-19-20-21-22-23-24-26-31-33(29,30)32-27-25-28(2,3)4/h5H,1,6-27H2,2-4H3/p+1. The van der Waals surface area contributed by atoms with Crippen LogP contribution in [0.4, 0.5) is 0 Å². The van der Waals surface area contributed by atoms with E-state index in [0.29, 0.717) is 17.6 Å². The quantitative estimate of drug-likeness (QED) is 0.0572. The number of unbranched alkanes of at least 4 members (excludes halogenated alkanes) is 18. The van der Waals surface area contributed by atoms with E-state index in [1.807, 2.05) is 27.2 Å². The highest BCUT2D eigenvalue weighted by atomic mass is 31.2. The lowest BCUT2D eigenvalue weighted by Gasteiger charge is -2.24. The summed E-state index contributed by atoms with van der Waals surface area (Å²) >= 11 is 0. The van der Waals surface area contributed by atoms with Crippen molar-refractivity contribution in [1.82, 2.24) is 0 Å². The second-order valence-corrected chi connectivity index (χ2v) is 12.0. The van der Waals surface area contributed by atoms with Gasteiger partial charge in [-0.15, -0.1) is 6.58 Å². The van der Waals surface area contributed by atoms with Crippen LogP contribution in [0.25, 0.3) is 0 Å². The summed E-state index contributed by atoms with van der Waals surface area (Å²) in [6.45, 7) is 4.98. The number of quaternary nitrogens is 1. The highest BCUT2D eigenvalue weighted by Crippen LogP contribution is 2.43. The lowest BCUT2D eigenvalue weighted by Crippen LogP contribution is -2.37. The van der Waals surface area contributed by atoms with E-state index in [4.69, 9.17) is 9.05 Å². The SMILES string of the molecule is C=CCCCCCCCCCCCCCCCCCCCCOP(=O)(O)OCC[N+](C)(C)C. The van der Waals surface area contributed by atoms with Crippen LogP contribution < -0.4 is 0 Å². The Morgan fingerprint density at radius 2 is 0.970 bits per heavy atom. The Bertz CT molecular complexity index is 479. The molecular formula is C27H57NO4P+. The van der Waals surface area contributed by atoms with Gasteiger partial charge >= 0.3 is 7.82 Å². The summed E-state index contributed by atoms with van der Waals surface area (Å²) in [4.78, 5) is 9.67. The highest BCUT2D eigenvalue weighted by Gasteiger charge is 2.21. The average molecular weight is 491 g/mol. The second-order valence-electron chi connectivity index (χ2n) is 10.6. The summed E-state index contributed by atoms with van der Waals surface area (Å²) in [6, 6.07) is 0. The molecule has 5 nitrogen and oxygen atoms in total. The zero-order valence-corrected chi connectivity index (χ0v) is 23.3. The van der Waals surface area contributed by atoms with Gasteiger partial charge in [0.25, 0.3) is 0 Å². The topological polar surface area (TPSA) is 55.8 Å². The van der Waals surface area contributed by atoms with Gasteiger partial charge in [0.05, 0.1) is 27.7 Å². The molecule has 0 aromatic heterocycles.